The van der Waals surface area contributed by atoms with Gasteiger partial charge in [-0.2, -0.15) is 0 Å². The Morgan fingerprint density at radius 3 is 1.35 bits per heavy atom. The smallest absolute Gasteiger partial charge is 0.0976 e. The van der Waals surface area contributed by atoms with Crippen LogP contribution in [0.2, 0.25) is 0 Å². The van der Waals surface area contributed by atoms with Gasteiger partial charge in [0.05, 0.1) is 11.6 Å². The van der Waals surface area contributed by atoms with E-state index >= 15 is 0 Å². The van der Waals surface area contributed by atoms with Crippen LogP contribution in [0.4, 0.5) is 0 Å². The number of rotatable bonds is 6. The Kier molecular flexibility index (Phi) is 5.42. The van der Waals surface area contributed by atoms with Gasteiger partial charge in [0.15, 0.2) is 0 Å². The zero-order chi connectivity index (χ0) is 21.1. The average Bonchev–Trinajstić information content (AvgIpc) is 2.84. The summed E-state index contributed by atoms with van der Waals surface area (Å²) in [4.78, 5) is 2.49. The molecule has 1 aliphatic heterocycles. The lowest BCUT2D eigenvalue weighted by Crippen LogP contribution is -2.62. The van der Waals surface area contributed by atoms with Crippen LogP contribution < -0.4 is 0 Å². The SMILES string of the molecule is O[C@H](c1ccccc1)[C@@H]1CCN1C(c1ccccc1)(c1ccccc1)c1ccccc1. The number of aliphatic hydroxyl groups is 1. The third-order valence-electron chi connectivity index (χ3n) is 6.58. The van der Waals surface area contributed by atoms with Gasteiger partial charge in [0.1, 0.15) is 0 Å². The maximum Gasteiger partial charge on any atom is 0.0976 e. The van der Waals surface area contributed by atoms with Crippen molar-refractivity contribution in [3.8, 4) is 0 Å². The molecule has 1 N–H and O–H groups in total. The van der Waals surface area contributed by atoms with E-state index in [1.165, 1.54) is 16.7 Å². The number of nitrogens with zero attached hydrogens (tertiary/aromatic N) is 1. The predicted octanol–water partition coefficient (Wildman–Crippen LogP) is 5.79. The molecule has 0 aliphatic carbocycles. The van der Waals surface area contributed by atoms with Crippen molar-refractivity contribution in [3.05, 3.63) is 144 Å². The number of hydrogen-bond acceptors (Lipinski definition) is 2. The van der Waals surface area contributed by atoms with Gasteiger partial charge < -0.3 is 5.11 Å². The van der Waals surface area contributed by atoms with Gasteiger partial charge in [-0.25, -0.2) is 0 Å². The molecule has 0 aromatic heterocycles. The van der Waals surface area contributed by atoms with Gasteiger partial charge >= 0.3 is 0 Å². The summed E-state index contributed by atoms with van der Waals surface area (Å²) in [6, 6.07) is 42.2. The van der Waals surface area contributed by atoms with Crippen LogP contribution in [0.15, 0.2) is 121 Å². The molecule has 0 unspecified atom stereocenters. The number of likely N-dealkylation sites (tertiary alicyclic amines) is 1. The molecule has 1 aliphatic rings. The first-order valence-electron chi connectivity index (χ1n) is 11.0. The molecule has 5 rings (SSSR count). The lowest BCUT2D eigenvalue weighted by atomic mass is 9.72. The Bertz CT molecular complexity index is 1000. The van der Waals surface area contributed by atoms with Gasteiger partial charge in [-0.15, -0.1) is 0 Å². The molecule has 154 valence electrons. The molecule has 4 aromatic rings. The Hall–Kier alpha value is -3.20. The summed E-state index contributed by atoms with van der Waals surface area (Å²) in [6.07, 6.45) is 0.426. The molecule has 4 aromatic carbocycles. The van der Waals surface area contributed by atoms with Crippen molar-refractivity contribution in [2.24, 2.45) is 0 Å². The summed E-state index contributed by atoms with van der Waals surface area (Å²) < 4.78 is 0. The molecule has 1 heterocycles. The number of aliphatic hydroxyl groups excluding tert-OH is 1. The largest absolute Gasteiger partial charge is 0.387 e. The van der Waals surface area contributed by atoms with E-state index in [1.807, 2.05) is 30.3 Å². The Labute approximate surface area is 184 Å². The van der Waals surface area contributed by atoms with Crippen LogP contribution >= 0.6 is 0 Å². The second-order valence-electron chi connectivity index (χ2n) is 8.21. The average molecular weight is 406 g/mol. The quantitative estimate of drug-likeness (QED) is 0.411. The fraction of sp³-hybridized carbons (Fsp3) is 0.172. The highest BCUT2D eigenvalue weighted by Gasteiger charge is 2.50. The van der Waals surface area contributed by atoms with Crippen LogP contribution in [0.5, 0.6) is 0 Å². The summed E-state index contributed by atoms with van der Waals surface area (Å²) in [5.74, 6) is 0. The van der Waals surface area contributed by atoms with Gasteiger partial charge in [-0.1, -0.05) is 121 Å². The van der Waals surface area contributed by atoms with Crippen LogP contribution in [0, 0.1) is 0 Å². The van der Waals surface area contributed by atoms with Crippen molar-refractivity contribution < 1.29 is 5.11 Å². The maximum atomic E-state index is 11.4. The molecular formula is C29H27NO. The second-order valence-corrected chi connectivity index (χ2v) is 8.21. The highest BCUT2D eigenvalue weighted by molar-refractivity contribution is 5.50. The zero-order valence-corrected chi connectivity index (χ0v) is 17.5. The minimum Gasteiger partial charge on any atom is -0.387 e. The van der Waals surface area contributed by atoms with E-state index in [9.17, 15) is 5.11 Å². The van der Waals surface area contributed by atoms with Crippen molar-refractivity contribution in [1.29, 1.82) is 0 Å². The van der Waals surface area contributed by atoms with E-state index in [2.05, 4.69) is 95.9 Å². The van der Waals surface area contributed by atoms with Crippen molar-refractivity contribution >= 4 is 0 Å². The van der Waals surface area contributed by atoms with Gasteiger partial charge in [0.2, 0.25) is 0 Å². The fourth-order valence-electron chi connectivity index (χ4n) is 5.06. The Morgan fingerprint density at radius 1 is 0.613 bits per heavy atom. The summed E-state index contributed by atoms with van der Waals surface area (Å²) in [5.41, 5.74) is 4.16. The van der Waals surface area contributed by atoms with Crippen LogP contribution in [0.25, 0.3) is 0 Å². The first-order valence-corrected chi connectivity index (χ1v) is 11.0. The van der Waals surface area contributed by atoms with Gasteiger partial charge in [-0.05, 0) is 28.7 Å². The summed E-state index contributed by atoms with van der Waals surface area (Å²) >= 11 is 0. The molecule has 1 fully saturated rings. The van der Waals surface area contributed by atoms with Crippen molar-refractivity contribution in [3.63, 3.8) is 0 Å². The molecule has 0 saturated carbocycles. The highest BCUT2D eigenvalue weighted by atomic mass is 16.3. The monoisotopic (exact) mass is 405 g/mol. The number of hydrogen-bond donors (Lipinski definition) is 1. The topological polar surface area (TPSA) is 23.5 Å². The second kappa shape index (κ2) is 8.50. The Morgan fingerprint density at radius 2 is 1.00 bits per heavy atom. The summed E-state index contributed by atoms with van der Waals surface area (Å²) in [6.45, 7) is 0.924. The lowest BCUT2D eigenvalue weighted by Gasteiger charge is -2.56. The first kappa shape index (κ1) is 19.7. The minimum absolute atomic E-state index is 0.0306. The first-order chi connectivity index (χ1) is 15.3. The molecule has 0 radical (unpaired) electrons. The van der Waals surface area contributed by atoms with Crippen molar-refractivity contribution in [2.45, 2.75) is 24.1 Å². The van der Waals surface area contributed by atoms with Crippen molar-refractivity contribution in [1.82, 2.24) is 4.90 Å². The molecule has 0 spiro atoms. The van der Waals surface area contributed by atoms with E-state index in [4.69, 9.17) is 0 Å². The molecule has 2 nitrogen and oxygen atoms in total. The van der Waals surface area contributed by atoms with E-state index in [-0.39, 0.29) is 6.04 Å². The summed E-state index contributed by atoms with van der Waals surface area (Å²) in [7, 11) is 0. The van der Waals surface area contributed by atoms with Crippen molar-refractivity contribution in [2.75, 3.05) is 6.54 Å². The minimum atomic E-state index is -0.537. The zero-order valence-electron chi connectivity index (χ0n) is 17.5. The predicted molar refractivity (Wildman–Crippen MR) is 126 cm³/mol. The third-order valence-corrected chi connectivity index (χ3v) is 6.58. The van der Waals surface area contributed by atoms with Crippen LogP contribution in [0.3, 0.4) is 0 Å². The maximum absolute atomic E-state index is 11.4. The lowest BCUT2D eigenvalue weighted by molar-refractivity contribution is -0.0605. The standard InChI is InChI=1S/C29H27NO/c31-28(23-13-5-1-6-14-23)27-21-22-30(27)29(24-15-7-2-8-16-24,25-17-9-3-10-18-25)26-19-11-4-12-20-26/h1-20,27-28,31H,21-22H2/t27-,28+/m0/s1. The molecule has 2 heteroatoms. The Balaban J connectivity index is 1.71. The van der Waals surface area contributed by atoms with E-state index in [1.54, 1.807) is 0 Å². The molecular weight excluding hydrogens is 378 g/mol. The van der Waals surface area contributed by atoms with Gasteiger partial charge in [0, 0.05) is 12.6 Å². The molecule has 0 bridgehead atoms. The van der Waals surface area contributed by atoms with Crippen LogP contribution in [-0.2, 0) is 5.54 Å². The molecule has 31 heavy (non-hydrogen) atoms. The van der Waals surface area contributed by atoms with Gasteiger partial charge in [0.25, 0.3) is 0 Å². The van der Waals surface area contributed by atoms with E-state index < -0.39 is 11.6 Å². The third kappa shape index (κ3) is 3.38. The highest BCUT2D eigenvalue weighted by Crippen LogP contribution is 2.48. The fourth-order valence-corrected chi connectivity index (χ4v) is 5.06. The van der Waals surface area contributed by atoms with Gasteiger partial charge in [-0.3, -0.25) is 4.90 Å². The molecule has 0 amide bonds. The molecule has 2 atom stereocenters. The van der Waals surface area contributed by atoms with E-state index in [0.29, 0.717) is 0 Å². The van der Waals surface area contributed by atoms with E-state index in [0.717, 1.165) is 18.5 Å². The summed E-state index contributed by atoms with van der Waals surface area (Å²) in [5, 5.41) is 11.4. The van der Waals surface area contributed by atoms with Crippen LogP contribution in [0.1, 0.15) is 34.8 Å². The molecule has 1 saturated heterocycles. The van der Waals surface area contributed by atoms with Crippen LogP contribution in [-0.4, -0.2) is 22.6 Å². The number of benzene rings is 4. The normalized spacial score (nSPS) is 17.6.